The fraction of sp³-hybridized carbons (Fsp3) is 0.393. The third-order valence-corrected chi connectivity index (χ3v) is 5.62. The van der Waals surface area contributed by atoms with Crippen LogP contribution in [0.1, 0.15) is 37.6 Å². The lowest BCUT2D eigenvalue weighted by molar-refractivity contribution is 0.0190. The van der Waals surface area contributed by atoms with Crippen LogP contribution in [-0.4, -0.2) is 51.7 Å². The van der Waals surface area contributed by atoms with E-state index in [2.05, 4.69) is 38.5 Å². The average molecular weight is 462 g/mol. The molecule has 0 aliphatic heterocycles. The fourth-order valence-electron chi connectivity index (χ4n) is 3.73. The average Bonchev–Trinajstić information content (AvgIpc) is 3.17. The van der Waals surface area contributed by atoms with Crippen LogP contribution >= 0.6 is 0 Å². The summed E-state index contributed by atoms with van der Waals surface area (Å²) in [6, 6.07) is 18.2. The van der Waals surface area contributed by atoms with Crippen molar-refractivity contribution >= 4 is 0 Å². The second kappa shape index (κ2) is 12.4. The highest BCUT2D eigenvalue weighted by Gasteiger charge is 2.25. The Kier molecular flexibility index (Phi) is 9.29. The maximum atomic E-state index is 10.5. The van der Waals surface area contributed by atoms with Crippen molar-refractivity contribution in [3.63, 3.8) is 0 Å². The molecule has 1 heterocycles. The van der Waals surface area contributed by atoms with Crippen LogP contribution in [0.3, 0.4) is 0 Å². The molecule has 1 unspecified atom stereocenters. The van der Waals surface area contributed by atoms with E-state index in [1.165, 1.54) is 5.56 Å². The number of terminal acetylenes is 1. The van der Waals surface area contributed by atoms with Crippen LogP contribution in [-0.2, 0) is 17.7 Å². The number of aryl methyl sites for hydroxylation is 2. The molecule has 1 N–H and O–H groups in total. The van der Waals surface area contributed by atoms with Gasteiger partial charge in [0.2, 0.25) is 5.88 Å². The molecule has 0 saturated heterocycles. The molecule has 0 fully saturated rings. The summed E-state index contributed by atoms with van der Waals surface area (Å²) in [5.41, 5.74) is 4.09. The van der Waals surface area contributed by atoms with Crippen LogP contribution in [0.2, 0.25) is 0 Å². The van der Waals surface area contributed by atoms with Crippen LogP contribution in [0.15, 0.2) is 54.6 Å². The monoisotopic (exact) mass is 461 g/mol. The molecule has 0 radical (unpaired) electrons. The minimum Gasteiger partial charge on any atom is -0.439 e. The van der Waals surface area contributed by atoms with Gasteiger partial charge in [-0.2, -0.15) is 5.10 Å². The first-order valence-electron chi connectivity index (χ1n) is 11.8. The number of aromatic nitrogens is 2. The molecular formula is C28H35N3O3. The van der Waals surface area contributed by atoms with Crippen LogP contribution < -0.4 is 4.74 Å². The number of aliphatic hydroxyl groups excluding tert-OH is 1. The first-order chi connectivity index (χ1) is 16.4. The molecule has 0 aliphatic carbocycles. The molecule has 6 nitrogen and oxygen atoms in total. The molecule has 0 saturated carbocycles. The van der Waals surface area contributed by atoms with Gasteiger partial charge in [-0.3, -0.25) is 4.90 Å². The van der Waals surface area contributed by atoms with Gasteiger partial charge in [-0.15, -0.1) is 6.42 Å². The Bertz CT molecular complexity index is 1070. The highest BCUT2D eigenvalue weighted by molar-refractivity contribution is 5.44. The van der Waals surface area contributed by atoms with Crippen molar-refractivity contribution in [2.75, 3.05) is 19.8 Å². The van der Waals surface area contributed by atoms with Gasteiger partial charge >= 0.3 is 0 Å². The normalized spacial score (nSPS) is 12.2. The summed E-state index contributed by atoms with van der Waals surface area (Å²) in [6.45, 7) is 9.80. The van der Waals surface area contributed by atoms with Gasteiger partial charge in [-0.25, -0.2) is 4.68 Å². The van der Waals surface area contributed by atoms with Crippen molar-refractivity contribution in [3.8, 4) is 29.7 Å². The van der Waals surface area contributed by atoms with Crippen molar-refractivity contribution in [2.45, 2.75) is 52.8 Å². The number of ether oxygens (including phenoxy) is 2. The standard InChI is InChI=1S/C28H35N3O3/c1-6-17-33-20-24(32)18-30(21(3)4)19-26-27(7-2)29-31(23-11-9-8-10-12-23)28(26)34-25-15-13-22(5)14-16-25/h1,8-16,21,24,32H,7,17-20H2,2-5H3. The van der Waals surface area contributed by atoms with Crippen LogP contribution in [0.25, 0.3) is 5.69 Å². The van der Waals surface area contributed by atoms with E-state index in [0.717, 1.165) is 29.1 Å². The molecule has 1 aromatic heterocycles. The van der Waals surface area contributed by atoms with Gasteiger partial charge < -0.3 is 14.6 Å². The van der Waals surface area contributed by atoms with E-state index in [-0.39, 0.29) is 19.3 Å². The minimum atomic E-state index is -0.647. The topological polar surface area (TPSA) is 59.8 Å². The minimum absolute atomic E-state index is 0.192. The molecule has 3 aromatic rings. The van der Waals surface area contributed by atoms with Crippen molar-refractivity contribution in [1.82, 2.24) is 14.7 Å². The molecule has 2 aromatic carbocycles. The number of aliphatic hydroxyl groups is 1. The van der Waals surface area contributed by atoms with Crippen molar-refractivity contribution in [2.24, 2.45) is 0 Å². The number of benzene rings is 2. The number of hydrogen-bond acceptors (Lipinski definition) is 5. The van der Waals surface area contributed by atoms with E-state index < -0.39 is 6.10 Å². The Balaban J connectivity index is 1.97. The lowest BCUT2D eigenvalue weighted by Crippen LogP contribution is -2.39. The van der Waals surface area contributed by atoms with Crippen molar-refractivity contribution < 1.29 is 14.6 Å². The molecule has 3 rings (SSSR count). The lowest BCUT2D eigenvalue weighted by atomic mass is 10.1. The molecule has 1 atom stereocenters. The fourth-order valence-corrected chi connectivity index (χ4v) is 3.73. The van der Waals surface area contributed by atoms with Gasteiger partial charge in [0.1, 0.15) is 12.4 Å². The predicted molar refractivity (Wildman–Crippen MR) is 135 cm³/mol. The van der Waals surface area contributed by atoms with E-state index in [1.54, 1.807) is 0 Å². The summed E-state index contributed by atoms with van der Waals surface area (Å²) in [7, 11) is 0. The molecule has 0 bridgehead atoms. The molecule has 34 heavy (non-hydrogen) atoms. The van der Waals surface area contributed by atoms with Crippen molar-refractivity contribution in [3.05, 3.63) is 71.4 Å². The van der Waals surface area contributed by atoms with Gasteiger partial charge in [0.25, 0.3) is 0 Å². The van der Waals surface area contributed by atoms with Gasteiger partial charge in [-0.05, 0) is 51.5 Å². The van der Waals surface area contributed by atoms with E-state index >= 15 is 0 Å². The van der Waals surface area contributed by atoms with Gasteiger partial charge in [0.15, 0.2) is 0 Å². The smallest absolute Gasteiger partial charge is 0.227 e. The van der Waals surface area contributed by atoms with Crippen LogP contribution in [0, 0.1) is 19.3 Å². The van der Waals surface area contributed by atoms with Crippen LogP contribution in [0.4, 0.5) is 0 Å². The van der Waals surface area contributed by atoms with E-state index in [0.29, 0.717) is 19.0 Å². The predicted octanol–water partition coefficient (Wildman–Crippen LogP) is 4.76. The highest BCUT2D eigenvalue weighted by atomic mass is 16.5. The zero-order chi connectivity index (χ0) is 24.5. The third kappa shape index (κ3) is 6.71. The zero-order valence-electron chi connectivity index (χ0n) is 20.6. The first kappa shape index (κ1) is 25.5. The summed E-state index contributed by atoms with van der Waals surface area (Å²) in [6.07, 6.45) is 5.36. The molecule has 180 valence electrons. The lowest BCUT2D eigenvalue weighted by Gasteiger charge is -2.29. The SMILES string of the molecule is C#CCOCC(O)CN(Cc1c(CC)nn(-c2ccccc2)c1Oc1ccc(C)cc1)C(C)C. The van der Waals surface area contributed by atoms with Crippen LogP contribution in [0.5, 0.6) is 11.6 Å². The first-order valence-corrected chi connectivity index (χ1v) is 11.8. The Morgan fingerprint density at radius 1 is 1.12 bits per heavy atom. The number of nitrogens with zero attached hydrogens (tertiary/aromatic N) is 3. The van der Waals surface area contributed by atoms with Gasteiger partial charge in [0.05, 0.1) is 29.7 Å². The second-order valence-electron chi connectivity index (χ2n) is 8.64. The molecule has 0 spiro atoms. The Morgan fingerprint density at radius 2 is 1.82 bits per heavy atom. The van der Waals surface area contributed by atoms with E-state index in [9.17, 15) is 5.11 Å². The number of para-hydroxylation sites is 1. The summed E-state index contributed by atoms with van der Waals surface area (Å²) in [5, 5.41) is 15.4. The molecule has 6 heteroatoms. The van der Waals surface area contributed by atoms with Gasteiger partial charge in [0, 0.05) is 19.1 Å². The van der Waals surface area contributed by atoms with Gasteiger partial charge in [-0.1, -0.05) is 48.7 Å². The Labute approximate surface area is 203 Å². The Morgan fingerprint density at radius 3 is 2.44 bits per heavy atom. The molecule has 0 aliphatic rings. The third-order valence-electron chi connectivity index (χ3n) is 5.62. The zero-order valence-corrected chi connectivity index (χ0v) is 20.6. The van der Waals surface area contributed by atoms with E-state index in [1.807, 2.05) is 59.3 Å². The van der Waals surface area contributed by atoms with E-state index in [4.69, 9.17) is 21.0 Å². The Hall–Kier alpha value is -3.11. The summed E-state index contributed by atoms with van der Waals surface area (Å²) >= 11 is 0. The summed E-state index contributed by atoms with van der Waals surface area (Å²) in [4.78, 5) is 2.21. The van der Waals surface area contributed by atoms with Crippen molar-refractivity contribution in [1.29, 1.82) is 0 Å². The number of hydrogen-bond donors (Lipinski definition) is 1. The summed E-state index contributed by atoms with van der Waals surface area (Å²) in [5.74, 6) is 3.88. The number of rotatable bonds is 12. The molecular weight excluding hydrogens is 426 g/mol. The summed E-state index contributed by atoms with van der Waals surface area (Å²) < 4.78 is 13.7. The second-order valence-corrected chi connectivity index (χ2v) is 8.64. The quantitative estimate of drug-likeness (QED) is 0.311. The molecule has 0 amide bonds. The highest BCUT2D eigenvalue weighted by Crippen LogP contribution is 2.32. The maximum Gasteiger partial charge on any atom is 0.227 e. The largest absolute Gasteiger partial charge is 0.439 e. The maximum absolute atomic E-state index is 10.5.